The van der Waals surface area contributed by atoms with Crippen molar-refractivity contribution in [3.63, 3.8) is 0 Å². The van der Waals surface area contributed by atoms with Crippen LogP contribution in [0.25, 0.3) is 8.87 Å². The van der Waals surface area contributed by atoms with E-state index in [0.29, 0.717) is 29.0 Å². The maximum absolute atomic E-state index is 3.93. The summed E-state index contributed by atoms with van der Waals surface area (Å²) in [5.74, 6) is 0. The quantitative estimate of drug-likeness (QED) is 0.101. The zero-order valence-corrected chi connectivity index (χ0v) is 27.1. The molecule has 2 aromatic rings. The van der Waals surface area contributed by atoms with E-state index in [2.05, 4.69) is 57.8 Å². The number of unbranched alkanes of at least 4 members (excludes halogenated alkanes) is 14. The molecule has 0 aromatic carbocycles. The third-order valence-corrected chi connectivity index (χ3v) is 13.9. The Morgan fingerprint density at radius 1 is 0.500 bits per heavy atom. The van der Waals surface area contributed by atoms with Gasteiger partial charge in [-0.2, -0.15) is 0 Å². The van der Waals surface area contributed by atoms with Gasteiger partial charge in [-0.3, -0.25) is 0 Å². The molecule has 2 rings (SSSR count). The van der Waals surface area contributed by atoms with Crippen LogP contribution < -0.4 is 0 Å². The summed E-state index contributed by atoms with van der Waals surface area (Å²) < 4.78 is 6.29. The first kappa shape index (κ1) is 29.2. The summed E-state index contributed by atoms with van der Waals surface area (Å²) in [6.07, 6.45) is 25.0. The van der Waals surface area contributed by atoms with Crippen LogP contribution in [0.3, 0.4) is 0 Å². The maximum atomic E-state index is 3.93. The molecule has 0 nitrogen and oxygen atoms in total. The fraction of sp³-hybridized carbons (Fsp3) is 0.714. The second-order valence-corrected chi connectivity index (χ2v) is 17.6. The van der Waals surface area contributed by atoms with Gasteiger partial charge in [0.1, 0.15) is 0 Å². The molecular weight excluding hydrogens is 654 g/mol. The normalized spacial score (nSPS) is 11.5. The molecular formula is C28H44Br2Se2. The van der Waals surface area contributed by atoms with Crippen LogP contribution in [0.2, 0.25) is 0 Å². The van der Waals surface area contributed by atoms with Crippen molar-refractivity contribution in [2.75, 3.05) is 0 Å². The van der Waals surface area contributed by atoms with Gasteiger partial charge in [0, 0.05) is 0 Å². The van der Waals surface area contributed by atoms with Gasteiger partial charge in [0.05, 0.1) is 0 Å². The zero-order valence-electron chi connectivity index (χ0n) is 20.5. The van der Waals surface area contributed by atoms with E-state index in [1.165, 1.54) is 122 Å². The number of aryl methyl sites for hydroxylation is 2. The summed E-state index contributed by atoms with van der Waals surface area (Å²) in [5.41, 5.74) is 3.19. The summed E-state index contributed by atoms with van der Waals surface area (Å²) in [7, 11) is 0. The van der Waals surface area contributed by atoms with E-state index in [4.69, 9.17) is 0 Å². The Bertz CT molecular complexity index is 670. The standard InChI is InChI=1S/C28H44Br2Se2/c1-3-5-7-9-11-13-15-17-19-23-21-25(31-27(23)29)26-22-24(28(30)32-26)20-18-16-14-12-10-8-6-4-2/h21-22H,3-20H2,1-2H3. The van der Waals surface area contributed by atoms with Crippen LogP contribution >= 0.6 is 31.9 Å². The fourth-order valence-corrected chi connectivity index (χ4v) is 11.2. The molecule has 0 aliphatic heterocycles. The van der Waals surface area contributed by atoms with Crippen molar-refractivity contribution in [1.29, 1.82) is 0 Å². The molecule has 0 amide bonds. The molecule has 0 saturated heterocycles. The Morgan fingerprint density at radius 2 is 0.812 bits per heavy atom. The molecule has 182 valence electrons. The Morgan fingerprint density at radius 3 is 1.16 bits per heavy atom. The van der Waals surface area contributed by atoms with Gasteiger partial charge < -0.3 is 0 Å². The van der Waals surface area contributed by atoms with Crippen LogP contribution in [0.1, 0.15) is 128 Å². The molecule has 0 bridgehead atoms. The third-order valence-electron chi connectivity index (χ3n) is 6.36. The van der Waals surface area contributed by atoms with Crippen LogP contribution in [-0.4, -0.2) is 29.0 Å². The van der Waals surface area contributed by atoms with Gasteiger partial charge in [-0.05, 0) is 0 Å². The van der Waals surface area contributed by atoms with E-state index < -0.39 is 0 Å². The predicted molar refractivity (Wildman–Crippen MR) is 154 cm³/mol. The summed E-state index contributed by atoms with van der Waals surface area (Å²) in [4.78, 5) is 0. The average Bonchev–Trinajstić information content (AvgIpc) is 3.34. The molecule has 0 aliphatic rings. The van der Waals surface area contributed by atoms with Gasteiger partial charge in [0.2, 0.25) is 0 Å². The summed E-state index contributed by atoms with van der Waals surface area (Å²) in [6, 6.07) is 5.08. The van der Waals surface area contributed by atoms with Gasteiger partial charge in [-0.15, -0.1) is 0 Å². The molecule has 0 unspecified atom stereocenters. The molecule has 0 saturated carbocycles. The van der Waals surface area contributed by atoms with Crippen molar-refractivity contribution >= 4 is 60.9 Å². The van der Waals surface area contributed by atoms with Crippen LogP contribution in [0.15, 0.2) is 18.8 Å². The van der Waals surface area contributed by atoms with E-state index in [1.54, 1.807) is 20.0 Å². The molecule has 4 heteroatoms. The Hall–Kier alpha value is 0.959. The number of rotatable bonds is 19. The number of hydrogen-bond acceptors (Lipinski definition) is 0. The SMILES string of the molecule is CCCCCCCCCCc1cc(-c2cc(CCCCCCCCCC)c(Br)[se]2)[se]c1Br. The molecule has 2 aromatic heterocycles. The monoisotopic (exact) mass is 698 g/mol. The zero-order chi connectivity index (χ0) is 23.0. The van der Waals surface area contributed by atoms with E-state index in [9.17, 15) is 0 Å². The first-order valence-electron chi connectivity index (χ1n) is 13.2. The van der Waals surface area contributed by atoms with Crippen LogP contribution in [0.4, 0.5) is 0 Å². The predicted octanol–water partition coefficient (Wildman–Crippen LogP) is 10.4. The third kappa shape index (κ3) is 11.6. The average molecular weight is 698 g/mol. The van der Waals surface area contributed by atoms with E-state index in [-0.39, 0.29) is 0 Å². The second kappa shape index (κ2) is 18.3. The van der Waals surface area contributed by atoms with Gasteiger partial charge in [-0.1, -0.05) is 0 Å². The van der Waals surface area contributed by atoms with Crippen LogP contribution in [0, 0.1) is 0 Å². The fourth-order valence-electron chi connectivity index (χ4n) is 4.30. The summed E-state index contributed by atoms with van der Waals surface area (Å²) >= 11 is 8.83. The Labute approximate surface area is 227 Å². The van der Waals surface area contributed by atoms with Gasteiger partial charge in [0.15, 0.2) is 0 Å². The molecule has 0 spiro atoms. The van der Waals surface area contributed by atoms with Crippen LogP contribution in [0.5, 0.6) is 0 Å². The van der Waals surface area contributed by atoms with Gasteiger partial charge in [-0.25, -0.2) is 0 Å². The minimum atomic E-state index is 0.490. The van der Waals surface area contributed by atoms with E-state index in [0.717, 1.165) is 0 Å². The molecule has 0 N–H and O–H groups in total. The molecule has 32 heavy (non-hydrogen) atoms. The second-order valence-electron chi connectivity index (χ2n) is 9.27. The van der Waals surface area contributed by atoms with Crippen molar-refractivity contribution in [3.8, 4) is 8.87 Å². The minimum absolute atomic E-state index is 0.490. The molecule has 0 fully saturated rings. The molecule has 0 aliphatic carbocycles. The van der Waals surface area contributed by atoms with E-state index in [1.807, 2.05) is 0 Å². The van der Waals surface area contributed by atoms with Crippen LogP contribution in [-0.2, 0) is 12.8 Å². The topological polar surface area (TPSA) is 0 Å². The van der Waals surface area contributed by atoms with Crippen molar-refractivity contribution in [1.82, 2.24) is 0 Å². The van der Waals surface area contributed by atoms with Crippen molar-refractivity contribution in [3.05, 3.63) is 30.0 Å². The summed E-state index contributed by atoms with van der Waals surface area (Å²) in [6.45, 7) is 4.60. The molecule has 0 radical (unpaired) electrons. The van der Waals surface area contributed by atoms with Crippen molar-refractivity contribution in [2.45, 2.75) is 129 Å². The Balaban J connectivity index is 1.71. The number of hydrogen-bond donors (Lipinski definition) is 0. The van der Waals surface area contributed by atoms with Crippen molar-refractivity contribution in [2.24, 2.45) is 0 Å². The van der Waals surface area contributed by atoms with Gasteiger partial charge in [0.25, 0.3) is 0 Å². The first-order valence-corrected chi connectivity index (χ1v) is 18.2. The Kier molecular flexibility index (Phi) is 16.7. The number of halogens is 2. The van der Waals surface area contributed by atoms with E-state index >= 15 is 0 Å². The molecule has 0 atom stereocenters. The summed E-state index contributed by atoms with van der Waals surface area (Å²) in [5, 5.41) is 0. The first-order chi connectivity index (χ1) is 15.7. The van der Waals surface area contributed by atoms with Crippen molar-refractivity contribution < 1.29 is 0 Å². The van der Waals surface area contributed by atoms with Gasteiger partial charge >= 0.3 is 229 Å². The molecule has 2 heterocycles.